The number of nitrogens with one attached hydrogen (secondary N) is 1. The Morgan fingerprint density at radius 3 is 2.27 bits per heavy atom. The number of rotatable bonds is 5. The van der Waals surface area contributed by atoms with Crippen molar-refractivity contribution in [3.8, 4) is 0 Å². The van der Waals surface area contributed by atoms with Crippen LogP contribution in [0, 0.1) is 0 Å². The third-order valence-corrected chi connectivity index (χ3v) is 4.96. The Bertz CT molecular complexity index is 283. The molecule has 15 heavy (non-hydrogen) atoms. The average molecular weight is 222 g/mol. The zero-order valence-electron chi connectivity index (χ0n) is 10.2. The van der Waals surface area contributed by atoms with Crippen molar-refractivity contribution in [3.63, 3.8) is 0 Å². The van der Waals surface area contributed by atoms with E-state index < -0.39 is 8.24 Å². The van der Waals surface area contributed by atoms with Crippen molar-refractivity contribution in [2.45, 2.75) is 25.6 Å². The molecule has 0 aliphatic rings. The van der Waals surface area contributed by atoms with Crippen LogP contribution >= 0.6 is 0 Å². The SMILES string of the molecule is CN(C)N[Si](C)(C)CCc1ccccc1. The van der Waals surface area contributed by atoms with E-state index in [1.165, 1.54) is 18.0 Å². The minimum atomic E-state index is -1.27. The van der Waals surface area contributed by atoms with Gasteiger partial charge < -0.3 is 0 Å². The molecule has 0 saturated heterocycles. The average Bonchev–Trinajstić information content (AvgIpc) is 2.15. The molecule has 3 heteroatoms. The first kappa shape index (κ1) is 12.4. The summed E-state index contributed by atoms with van der Waals surface area (Å²) in [6.07, 6.45) is 1.18. The molecular formula is C12H22N2Si. The third-order valence-electron chi connectivity index (χ3n) is 2.41. The highest BCUT2D eigenvalue weighted by Crippen LogP contribution is 2.11. The van der Waals surface area contributed by atoms with Crippen molar-refractivity contribution < 1.29 is 0 Å². The first-order valence-electron chi connectivity index (χ1n) is 5.49. The summed E-state index contributed by atoms with van der Waals surface area (Å²) in [5.74, 6) is 0. The van der Waals surface area contributed by atoms with Gasteiger partial charge in [-0.3, -0.25) is 10.1 Å². The molecule has 0 atom stereocenters. The van der Waals surface area contributed by atoms with Crippen molar-refractivity contribution in [1.82, 2.24) is 10.1 Å². The van der Waals surface area contributed by atoms with E-state index in [9.17, 15) is 0 Å². The summed E-state index contributed by atoms with van der Waals surface area (Å²) in [7, 11) is 2.86. The van der Waals surface area contributed by atoms with Gasteiger partial charge >= 0.3 is 0 Å². The zero-order chi connectivity index (χ0) is 11.3. The molecule has 84 valence electrons. The molecule has 0 saturated carbocycles. The molecule has 0 amide bonds. The maximum Gasteiger partial charge on any atom is 0.136 e. The summed E-state index contributed by atoms with van der Waals surface area (Å²) in [5.41, 5.74) is 1.44. The summed E-state index contributed by atoms with van der Waals surface area (Å²) >= 11 is 0. The largest absolute Gasteiger partial charge is 0.277 e. The molecule has 0 heterocycles. The van der Waals surface area contributed by atoms with Crippen LogP contribution in [-0.2, 0) is 6.42 Å². The Labute approximate surface area is 94.4 Å². The highest BCUT2D eigenvalue weighted by molar-refractivity contribution is 6.74. The van der Waals surface area contributed by atoms with Gasteiger partial charge in [0, 0.05) is 14.1 Å². The summed E-state index contributed by atoms with van der Waals surface area (Å²) in [6, 6.07) is 12.0. The molecule has 1 aromatic carbocycles. The molecule has 0 radical (unpaired) electrons. The Morgan fingerprint density at radius 1 is 1.13 bits per heavy atom. The number of benzene rings is 1. The van der Waals surface area contributed by atoms with E-state index in [0.717, 1.165) is 0 Å². The number of nitrogens with zero attached hydrogens (tertiary/aromatic N) is 1. The van der Waals surface area contributed by atoms with Crippen LogP contribution in [0.4, 0.5) is 0 Å². The van der Waals surface area contributed by atoms with Crippen LogP contribution in [0.5, 0.6) is 0 Å². The lowest BCUT2D eigenvalue weighted by molar-refractivity contribution is 0.362. The number of aryl methyl sites for hydroxylation is 1. The quantitative estimate of drug-likeness (QED) is 0.608. The topological polar surface area (TPSA) is 15.3 Å². The molecule has 0 aliphatic heterocycles. The summed E-state index contributed by atoms with van der Waals surface area (Å²) in [4.78, 5) is 0. The molecule has 0 aromatic heterocycles. The minimum Gasteiger partial charge on any atom is -0.277 e. The fraction of sp³-hybridized carbons (Fsp3) is 0.500. The number of hydrogen-bond acceptors (Lipinski definition) is 2. The molecule has 1 N–H and O–H groups in total. The van der Waals surface area contributed by atoms with E-state index in [2.05, 4.69) is 67.6 Å². The molecular weight excluding hydrogens is 200 g/mol. The zero-order valence-corrected chi connectivity index (χ0v) is 11.2. The lowest BCUT2D eigenvalue weighted by Crippen LogP contribution is -2.51. The third kappa shape index (κ3) is 5.11. The van der Waals surface area contributed by atoms with E-state index in [4.69, 9.17) is 0 Å². The second-order valence-electron chi connectivity index (χ2n) is 4.88. The first-order valence-corrected chi connectivity index (χ1v) is 8.69. The van der Waals surface area contributed by atoms with E-state index in [1.807, 2.05) is 0 Å². The molecule has 1 rings (SSSR count). The van der Waals surface area contributed by atoms with Crippen LogP contribution < -0.4 is 5.09 Å². The molecule has 0 fully saturated rings. The Balaban J connectivity index is 2.42. The van der Waals surface area contributed by atoms with Crippen LogP contribution in [0.3, 0.4) is 0 Å². The standard InChI is InChI=1S/C12H22N2Si/c1-14(2)13-15(3,4)11-10-12-8-6-5-7-9-12/h5-9,13H,10-11H2,1-4H3. The van der Waals surface area contributed by atoms with Crippen LogP contribution in [0.15, 0.2) is 30.3 Å². The van der Waals surface area contributed by atoms with Crippen LogP contribution in [0.2, 0.25) is 19.1 Å². The lowest BCUT2D eigenvalue weighted by Gasteiger charge is -2.28. The predicted molar refractivity (Wildman–Crippen MR) is 69.3 cm³/mol. The molecule has 1 aromatic rings. The van der Waals surface area contributed by atoms with Crippen molar-refractivity contribution in [2.75, 3.05) is 14.1 Å². The van der Waals surface area contributed by atoms with Crippen molar-refractivity contribution in [3.05, 3.63) is 35.9 Å². The normalized spacial score (nSPS) is 12.1. The van der Waals surface area contributed by atoms with Crippen LogP contribution in [0.25, 0.3) is 0 Å². The fourth-order valence-electron chi connectivity index (χ4n) is 1.76. The van der Waals surface area contributed by atoms with Gasteiger partial charge in [-0.2, -0.15) is 0 Å². The second-order valence-corrected chi connectivity index (χ2v) is 9.37. The van der Waals surface area contributed by atoms with Gasteiger partial charge in [0.25, 0.3) is 0 Å². The second kappa shape index (κ2) is 5.44. The van der Waals surface area contributed by atoms with Gasteiger partial charge in [-0.1, -0.05) is 43.4 Å². The van der Waals surface area contributed by atoms with E-state index in [0.29, 0.717) is 0 Å². The van der Waals surface area contributed by atoms with Gasteiger partial charge in [-0.25, -0.2) is 0 Å². The van der Waals surface area contributed by atoms with Crippen LogP contribution in [0.1, 0.15) is 5.56 Å². The Hall–Kier alpha value is -0.643. The minimum absolute atomic E-state index is 1.18. The maximum atomic E-state index is 3.56. The highest BCUT2D eigenvalue weighted by Gasteiger charge is 2.20. The molecule has 0 bridgehead atoms. The molecule has 2 nitrogen and oxygen atoms in total. The Morgan fingerprint density at radius 2 is 1.73 bits per heavy atom. The summed E-state index contributed by atoms with van der Waals surface area (Å²) in [5, 5.41) is 5.64. The number of hydrogen-bond donors (Lipinski definition) is 1. The van der Waals surface area contributed by atoms with Crippen LogP contribution in [-0.4, -0.2) is 27.3 Å². The van der Waals surface area contributed by atoms with Gasteiger partial charge in [-0.15, -0.1) is 0 Å². The monoisotopic (exact) mass is 222 g/mol. The smallest absolute Gasteiger partial charge is 0.136 e. The first-order chi connectivity index (χ1) is 6.99. The van der Waals surface area contributed by atoms with Gasteiger partial charge in [0.15, 0.2) is 0 Å². The van der Waals surface area contributed by atoms with Gasteiger partial charge in [0.1, 0.15) is 8.24 Å². The number of hydrazine groups is 1. The highest BCUT2D eigenvalue weighted by atomic mass is 28.3. The molecule has 0 spiro atoms. The summed E-state index contributed by atoms with van der Waals surface area (Å²) < 4.78 is 0. The van der Waals surface area contributed by atoms with E-state index >= 15 is 0 Å². The lowest BCUT2D eigenvalue weighted by atomic mass is 10.2. The van der Waals surface area contributed by atoms with Gasteiger partial charge in [-0.05, 0) is 18.0 Å². The van der Waals surface area contributed by atoms with Crippen molar-refractivity contribution in [1.29, 1.82) is 0 Å². The summed E-state index contributed by atoms with van der Waals surface area (Å²) in [6.45, 7) is 4.74. The van der Waals surface area contributed by atoms with Gasteiger partial charge in [0.2, 0.25) is 0 Å². The Kier molecular flexibility index (Phi) is 4.51. The maximum absolute atomic E-state index is 3.56. The van der Waals surface area contributed by atoms with Crippen molar-refractivity contribution in [2.24, 2.45) is 0 Å². The van der Waals surface area contributed by atoms with E-state index in [-0.39, 0.29) is 0 Å². The molecule has 0 aliphatic carbocycles. The van der Waals surface area contributed by atoms with Crippen molar-refractivity contribution >= 4 is 8.24 Å². The van der Waals surface area contributed by atoms with E-state index in [1.54, 1.807) is 0 Å². The van der Waals surface area contributed by atoms with Gasteiger partial charge in [0.05, 0.1) is 0 Å². The predicted octanol–water partition coefficient (Wildman–Crippen LogP) is 2.50. The fourth-order valence-corrected chi connectivity index (χ4v) is 4.00. The molecule has 0 unspecified atom stereocenters.